The number of Topliss-reactive ketones (excluding diaryl/α,β-unsaturated/α-hetero) is 1. The molecule has 6 heteroatoms. The third-order valence-corrected chi connectivity index (χ3v) is 2.76. The number of ether oxygens (including phenoxy) is 1. The van der Waals surface area contributed by atoms with E-state index >= 15 is 0 Å². The zero-order valence-corrected chi connectivity index (χ0v) is 12.6. The smallest absolute Gasteiger partial charge is 0.354 e. The average molecular weight is 327 g/mol. The van der Waals surface area contributed by atoms with E-state index in [9.17, 15) is 9.59 Å². The van der Waals surface area contributed by atoms with Gasteiger partial charge in [0.25, 0.3) is 0 Å². The fourth-order valence-electron chi connectivity index (χ4n) is 1.40. The Morgan fingerprint density at radius 1 is 1.26 bits per heavy atom. The molecule has 0 aromatic heterocycles. The standard InChI is InChI=1S/C13H15BrN2O3/c1-16(2)15-11(13(18)19-3)8-12(17)9-4-6-10(14)7-5-9/h4-7H,8H2,1-3H3/b15-11+. The number of hydrogen-bond acceptors (Lipinski definition) is 5. The molecule has 0 fully saturated rings. The van der Waals surface area contributed by atoms with Crippen molar-refractivity contribution < 1.29 is 14.3 Å². The van der Waals surface area contributed by atoms with Gasteiger partial charge in [0.2, 0.25) is 0 Å². The van der Waals surface area contributed by atoms with E-state index in [2.05, 4.69) is 25.8 Å². The van der Waals surface area contributed by atoms with Crippen molar-refractivity contribution in [3.05, 3.63) is 34.3 Å². The van der Waals surface area contributed by atoms with Gasteiger partial charge in [0.1, 0.15) is 0 Å². The largest absolute Gasteiger partial charge is 0.464 e. The first-order chi connectivity index (χ1) is 8.93. The molecule has 0 amide bonds. The average Bonchev–Trinajstić information content (AvgIpc) is 2.37. The molecule has 1 rings (SSSR count). The van der Waals surface area contributed by atoms with Gasteiger partial charge in [-0.2, -0.15) is 5.10 Å². The Bertz CT molecular complexity index is 495. The number of hydrazone groups is 1. The monoisotopic (exact) mass is 326 g/mol. The maximum atomic E-state index is 12.0. The third kappa shape index (κ3) is 4.82. The summed E-state index contributed by atoms with van der Waals surface area (Å²) in [6.45, 7) is 0. The normalized spacial score (nSPS) is 11.1. The molecule has 1 aromatic carbocycles. The van der Waals surface area contributed by atoms with Crippen LogP contribution >= 0.6 is 15.9 Å². The summed E-state index contributed by atoms with van der Waals surface area (Å²) in [6.07, 6.45) is -0.0908. The van der Waals surface area contributed by atoms with Gasteiger partial charge in [-0.25, -0.2) is 4.79 Å². The maximum Gasteiger partial charge on any atom is 0.354 e. The van der Waals surface area contributed by atoms with Crippen molar-refractivity contribution in [2.45, 2.75) is 6.42 Å². The molecule has 19 heavy (non-hydrogen) atoms. The molecule has 0 heterocycles. The van der Waals surface area contributed by atoms with Crippen molar-refractivity contribution in [2.24, 2.45) is 5.10 Å². The number of benzene rings is 1. The quantitative estimate of drug-likeness (QED) is 0.360. The molecule has 1 aromatic rings. The molecular formula is C13H15BrN2O3. The van der Waals surface area contributed by atoms with Crippen LogP contribution in [0.5, 0.6) is 0 Å². The zero-order chi connectivity index (χ0) is 14.4. The Morgan fingerprint density at radius 2 is 1.84 bits per heavy atom. The number of nitrogens with zero attached hydrogens (tertiary/aromatic N) is 2. The molecule has 0 atom stereocenters. The Labute approximate surface area is 120 Å². The van der Waals surface area contributed by atoms with Gasteiger partial charge in [0.05, 0.1) is 13.5 Å². The van der Waals surface area contributed by atoms with Gasteiger partial charge in [-0.1, -0.05) is 28.1 Å². The van der Waals surface area contributed by atoms with E-state index in [-0.39, 0.29) is 17.9 Å². The van der Waals surface area contributed by atoms with Crippen molar-refractivity contribution in [2.75, 3.05) is 21.2 Å². The highest BCUT2D eigenvalue weighted by Gasteiger charge is 2.18. The molecule has 0 aliphatic heterocycles. The summed E-state index contributed by atoms with van der Waals surface area (Å²) in [5, 5.41) is 5.44. The van der Waals surface area contributed by atoms with Crippen LogP contribution in [0.15, 0.2) is 33.8 Å². The fourth-order valence-corrected chi connectivity index (χ4v) is 1.66. The minimum absolute atomic E-state index is 0.0837. The van der Waals surface area contributed by atoms with Crippen LogP contribution < -0.4 is 0 Å². The molecule has 0 aliphatic carbocycles. The molecule has 0 aliphatic rings. The Hall–Kier alpha value is -1.69. The van der Waals surface area contributed by atoms with Crippen LogP contribution in [0.1, 0.15) is 16.8 Å². The summed E-state index contributed by atoms with van der Waals surface area (Å²) in [7, 11) is 4.61. The summed E-state index contributed by atoms with van der Waals surface area (Å²) < 4.78 is 5.50. The van der Waals surface area contributed by atoms with E-state index in [4.69, 9.17) is 0 Å². The Kier molecular flexibility index (Phi) is 5.69. The van der Waals surface area contributed by atoms with Crippen LogP contribution in [0.25, 0.3) is 0 Å². The first-order valence-electron chi connectivity index (χ1n) is 5.56. The number of halogens is 1. The predicted octanol–water partition coefficient (Wildman–Crippen LogP) is 2.11. The third-order valence-electron chi connectivity index (χ3n) is 2.24. The second-order valence-electron chi connectivity index (χ2n) is 3.99. The molecule has 0 saturated carbocycles. The van der Waals surface area contributed by atoms with Crippen molar-refractivity contribution in [3.8, 4) is 0 Å². The van der Waals surface area contributed by atoms with E-state index in [1.807, 2.05) is 0 Å². The van der Waals surface area contributed by atoms with E-state index in [0.717, 1.165) is 4.47 Å². The van der Waals surface area contributed by atoms with Crippen LogP contribution in [0.3, 0.4) is 0 Å². The van der Waals surface area contributed by atoms with Crippen molar-refractivity contribution in [3.63, 3.8) is 0 Å². The first kappa shape index (κ1) is 15.4. The number of carbonyl (C=O) groups is 2. The lowest BCUT2D eigenvalue weighted by molar-refractivity contribution is -0.132. The number of methoxy groups -OCH3 is 1. The topological polar surface area (TPSA) is 59.0 Å². The second-order valence-corrected chi connectivity index (χ2v) is 4.91. The van der Waals surface area contributed by atoms with Gasteiger partial charge in [-0.15, -0.1) is 0 Å². The lowest BCUT2D eigenvalue weighted by atomic mass is 10.1. The van der Waals surface area contributed by atoms with Crippen molar-refractivity contribution in [1.82, 2.24) is 5.01 Å². The van der Waals surface area contributed by atoms with E-state index in [0.29, 0.717) is 5.56 Å². The van der Waals surface area contributed by atoms with Crippen LogP contribution in [0, 0.1) is 0 Å². The van der Waals surface area contributed by atoms with Crippen LogP contribution in [0.2, 0.25) is 0 Å². The number of rotatable bonds is 5. The second kappa shape index (κ2) is 7.04. The van der Waals surface area contributed by atoms with Gasteiger partial charge in [-0.05, 0) is 12.1 Å². The zero-order valence-electron chi connectivity index (χ0n) is 11.0. The summed E-state index contributed by atoms with van der Waals surface area (Å²) in [5.74, 6) is -0.780. The van der Waals surface area contributed by atoms with E-state index < -0.39 is 5.97 Å². The summed E-state index contributed by atoms with van der Waals surface area (Å²) in [4.78, 5) is 23.6. The maximum absolute atomic E-state index is 12.0. The molecule has 0 saturated heterocycles. The molecule has 0 N–H and O–H groups in total. The van der Waals surface area contributed by atoms with E-state index in [1.54, 1.807) is 38.4 Å². The summed E-state index contributed by atoms with van der Waals surface area (Å²) >= 11 is 3.30. The fraction of sp³-hybridized carbons (Fsp3) is 0.308. The number of carbonyl (C=O) groups excluding carboxylic acids is 2. The van der Waals surface area contributed by atoms with Gasteiger partial charge < -0.3 is 9.75 Å². The van der Waals surface area contributed by atoms with Gasteiger partial charge >= 0.3 is 5.97 Å². The van der Waals surface area contributed by atoms with Crippen molar-refractivity contribution >= 4 is 33.4 Å². The number of hydrogen-bond donors (Lipinski definition) is 0. The summed E-state index contributed by atoms with van der Waals surface area (Å²) in [6, 6.07) is 6.93. The Balaban J connectivity index is 2.88. The SMILES string of the molecule is COC(=O)/C(CC(=O)c1ccc(Br)cc1)=N/N(C)C. The van der Waals surface area contributed by atoms with Crippen LogP contribution in [-0.2, 0) is 9.53 Å². The highest BCUT2D eigenvalue weighted by Crippen LogP contribution is 2.12. The molecule has 5 nitrogen and oxygen atoms in total. The lowest BCUT2D eigenvalue weighted by Gasteiger charge is -2.09. The molecule has 0 bridgehead atoms. The molecule has 0 radical (unpaired) electrons. The Morgan fingerprint density at radius 3 is 2.32 bits per heavy atom. The lowest BCUT2D eigenvalue weighted by Crippen LogP contribution is -2.23. The highest BCUT2D eigenvalue weighted by atomic mass is 79.9. The number of ketones is 1. The van der Waals surface area contributed by atoms with Crippen molar-refractivity contribution in [1.29, 1.82) is 0 Å². The highest BCUT2D eigenvalue weighted by molar-refractivity contribution is 9.10. The van der Waals surface area contributed by atoms with Crippen LogP contribution in [-0.4, -0.2) is 43.7 Å². The minimum Gasteiger partial charge on any atom is -0.464 e. The molecular weight excluding hydrogens is 312 g/mol. The molecule has 102 valence electrons. The number of esters is 1. The molecule has 0 unspecified atom stereocenters. The minimum atomic E-state index is -0.598. The summed E-state index contributed by atoms with van der Waals surface area (Å²) in [5.41, 5.74) is 0.610. The van der Waals surface area contributed by atoms with Gasteiger partial charge in [0.15, 0.2) is 11.5 Å². The van der Waals surface area contributed by atoms with E-state index in [1.165, 1.54) is 12.1 Å². The van der Waals surface area contributed by atoms with Crippen LogP contribution in [0.4, 0.5) is 0 Å². The predicted molar refractivity (Wildman–Crippen MR) is 76.2 cm³/mol. The van der Waals surface area contributed by atoms with Gasteiger partial charge in [0, 0.05) is 24.1 Å². The van der Waals surface area contributed by atoms with Gasteiger partial charge in [-0.3, -0.25) is 4.79 Å². The first-order valence-corrected chi connectivity index (χ1v) is 6.35. The molecule has 0 spiro atoms.